The maximum Gasteiger partial charge on any atom is 0.408 e. The number of carbonyl (C=O) groups excluding carboxylic acids is 1. The molecule has 0 saturated carbocycles. The molecular weight excluding hydrogens is 271 g/mol. The molecular formula is C14H14F3NO2. The van der Waals surface area contributed by atoms with Gasteiger partial charge in [0.2, 0.25) is 0 Å². The van der Waals surface area contributed by atoms with Crippen LogP contribution in [-0.4, -0.2) is 18.2 Å². The van der Waals surface area contributed by atoms with Crippen LogP contribution in [-0.2, 0) is 4.74 Å². The van der Waals surface area contributed by atoms with Crippen LogP contribution in [0.3, 0.4) is 0 Å². The Hall–Kier alpha value is -2.16. The van der Waals surface area contributed by atoms with Gasteiger partial charge in [0.15, 0.2) is 17.5 Å². The van der Waals surface area contributed by atoms with E-state index in [1.807, 2.05) is 0 Å². The Kier molecular flexibility index (Phi) is 5.03. The molecule has 1 aromatic rings. The van der Waals surface area contributed by atoms with Gasteiger partial charge in [-0.05, 0) is 32.9 Å². The van der Waals surface area contributed by atoms with Gasteiger partial charge in [-0.2, -0.15) is 0 Å². The number of rotatable bonds is 1. The van der Waals surface area contributed by atoms with Crippen LogP contribution in [0.2, 0.25) is 0 Å². The maximum absolute atomic E-state index is 12.9. The zero-order valence-corrected chi connectivity index (χ0v) is 11.3. The van der Waals surface area contributed by atoms with Crippen LogP contribution in [0.25, 0.3) is 0 Å². The largest absolute Gasteiger partial charge is 0.444 e. The van der Waals surface area contributed by atoms with Gasteiger partial charge < -0.3 is 10.1 Å². The van der Waals surface area contributed by atoms with E-state index in [1.54, 1.807) is 20.8 Å². The molecule has 0 radical (unpaired) electrons. The van der Waals surface area contributed by atoms with Crippen molar-refractivity contribution in [2.75, 3.05) is 6.54 Å². The molecule has 0 fully saturated rings. The van der Waals surface area contributed by atoms with Crippen LogP contribution in [0.5, 0.6) is 0 Å². The number of alkyl carbamates (subject to hydrolysis) is 1. The number of nitrogens with one attached hydrogen (secondary N) is 1. The van der Waals surface area contributed by atoms with E-state index in [1.165, 1.54) is 0 Å². The van der Waals surface area contributed by atoms with E-state index < -0.39 is 29.1 Å². The summed E-state index contributed by atoms with van der Waals surface area (Å²) in [7, 11) is 0. The first-order valence-corrected chi connectivity index (χ1v) is 5.79. The SMILES string of the molecule is CC(C)(C)OC(=O)NCC#Cc1cc(F)c(F)c(F)c1. The topological polar surface area (TPSA) is 38.3 Å². The molecule has 0 aromatic heterocycles. The molecule has 1 rings (SSSR count). The quantitative estimate of drug-likeness (QED) is 0.636. The normalized spacial score (nSPS) is 10.5. The highest BCUT2D eigenvalue weighted by Crippen LogP contribution is 2.12. The summed E-state index contributed by atoms with van der Waals surface area (Å²) < 4.78 is 43.4. The molecule has 1 aromatic carbocycles. The number of amides is 1. The van der Waals surface area contributed by atoms with E-state index in [0.717, 1.165) is 12.1 Å². The number of hydrogen-bond donors (Lipinski definition) is 1. The van der Waals surface area contributed by atoms with Gasteiger partial charge in [0.25, 0.3) is 0 Å². The molecule has 0 aliphatic carbocycles. The lowest BCUT2D eigenvalue weighted by Crippen LogP contribution is -2.32. The summed E-state index contributed by atoms with van der Waals surface area (Å²) in [5.41, 5.74) is -0.645. The summed E-state index contributed by atoms with van der Waals surface area (Å²) in [5.74, 6) is 0.718. The Morgan fingerprint density at radius 1 is 1.25 bits per heavy atom. The van der Waals surface area contributed by atoms with Crippen LogP contribution >= 0.6 is 0 Å². The molecule has 0 unspecified atom stereocenters. The van der Waals surface area contributed by atoms with Gasteiger partial charge in [0.05, 0.1) is 6.54 Å². The second kappa shape index (κ2) is 6.33. The molecule has 0 aliphatic heterocycles. The Balaban J connectivity index is 2.58. The van der Waals surface area contributed by atoms with Crippen molar-refractivity contribution in [2.24, 2.45) is 0 Å². The Labute approximate surface area is 115 Å². The zero-order valence-electron chi connectivity index (χ0n) is 11.3. The fraction of sp³-hybridized carbons (Fsp3) is 0.357. The third-order valence-electron chi connectivity index (χ3n) is 1.94. The summed E-state index contributed by atoms with van der Waals surface area (Å²) in [6.45, 7) is 5.07. The second-order valence-electron chi connectivity index (χ2n) is 4.91. The lowest BCUT2D eigenvalue weighted by molar-refractivity contribution is 0.0535. The van der Waals surface area contributed by atoms with Gasteiger partial charge in [-0.25, -0.2) is 18.0 Å². The molecule has 0 heterocycles. The molecule has 0 atom stereocenters. The average Bonchev–Trinajstić information content (AvgIpc) is 2.29. The van der Waals surface area contributed by atoms with Crippen molar-refractivity contribution in [1.82, 2.24) is 5.32 Å². The summed E-state index contributed by atoms with van der Waals surface area (Å²) in [4.78, 5) is 11.3. The Morgan fingerprint density at radius 3 is 2.30 bits per heavy atom. The first-order valence-electron chi connectivity index (χ1n) is 5.79. The molecule has 0 bridgehead atoms. The van der Waals surface area contributed by atoms with E-state index in [4.69, 9.17) is 4.74 Å². The van der Waals surface area contributed by atoms with Gasteiger partial charge in [0.1, 0.15) is 5.60 Å². The third-order valence-corrected chi connectivity index (χ3v) is 1.94. The molecule has 0 saturated heterocycles. The van der Waals surface area contributed by atoms with Crippen LogP contribution in [0.1, 0.15) is 26.3 Å². The molecule has 6 heteroatoms. The van der Waals surface area contributed by atoms with Crippen molar-refractivity contribution in [1.29, 1.82) is 0 Å². The number of halogens is 3. The summed E-state index contributed by atoms with van der Waals surface area (Å²) in [6, 6.07) is 1.55. The predicted octanol–water partition coefficient (Wildman–Crippen LogP) is 2.98. The van der Waals surface area contributed by atoms with Crippen molar-refractivity contribution in [3.05, 3.63) is 35.1 Å². The fourth-order valence-corrected chi connectivity index (χ4v) is 1.20. The van der Waals surface area contributed by atoms with Gasteiger partial charge in [0, 0.05) is 5.56 Å². The summed E-state index contributed by atoms with van der Waals surface area (Å²) >= 11 is 0. The first-order chi connectivity index (χ1) is 9.19. The van der Waals surface area contributed by atoms with Crippen LogP contribution in [0, 0.1) is 29.3 Å². The predicted molar refractivity (Wildman–Crippen MR) is 67.4 cm³/mol. The van der Waals surface area contributed by atoms with Crippen molar-refractivity contribution in [3.63, 3.8) is 0 Å². The van der Waals surface area contributed by atoms with Crippen molar-refractivity contribution < 1.29 is 22.7 Å². The zero-order chi connectivity index (χ0) is 15.3. The van der Waals surface area contributed by atoms with Gasteiger partial charge in [-0.1, -0.05) is 11.8 Å². The van der Waals surface area contributed by atoms with E-state index >= 15 is 0 Å². The number of ether oxygens (including phenoxy) is 1. The molecule has 20 heavy (non-hydrogen) atoms. The van der Waals surface area contributed by atoms with Crippen molar-refractivity contribution >= 4 is 6.09 Å². The van der Waals surface area contributed by atoms with E-state index in [-0.39, 0.29) is 12.1 Å². The Bertz CT molecular complexity index is 545. The molecule has 1 N–H and O–H groups in total. The maximum atomic E-state index is 12.9. The highest BCUT2D eigenvalue weighted by atomic mass is 19.2. The minimum absolute atomic E-state index is 0.0209. The standard InChI is InChI=1S/C14H14F3NO2/c1-14(2,3)20-13(19)18-6-4-5-9-7-10(15)12(17)11(16)8-9/h7-8H,6H2,1-3H3,(H,18,19). The molecule has 1 amide bonds. The van der Waals surface area contributed by atoms with Crippen LogP contribution in [0.15, 0.2) is 12.1 Å². The number of carbonyl (C=O) groups is 1. The summed E-state index contributed by atoms with van der Waals surface area (Å²) in [6.07, 6.45) is -0.650. The van der Waals surface area contributed by atoms with Gasteiger partial charge in [-0.15, -0.1) is 0 Å². The highest BCUT2D eigenvalue weighted by molar-refractivity contribution is 5.68. The van der Waals surface area contributed by atoms with E-state index in [2.05, 4.69) is 17.2 Å². The van der Waals surface area contributed by atoms with Crippen LogP contribution < -0.4 is 5.32 Å². The van der Waals surface area contributed by atoms with Crippen molar-refractivity contribution in [2.45, 2.75) is 26.4 Å². The second-order valence-corrected chi connectivity index (χ2v) is 4.91. The molecule has 3 nitrogen and oxygen atoms in total. The molecule has 108 valence electrons. The number of hydrogen-bond acceptors (Lipinski definition) is 2. The lowest BCUT2D eigenvalue weighted by Gasteiger charge is -2.18. The minimum atomic E-state index is -1.54. The lowest BCUT2D eigenvalue weighted by atomic mass is 10.2. The van der Waals surface area contributed by atoms with E-state index in [0.29, 0.717) is 0 Å². The van der Waals surface area contributed by atoms with Crippen LogP contribution in [0.4, 0.5) is 18.0 Å². The monoisotopic (exact) mass is 285 g/mol. The van der Waals surface area contributed by atoms with Gasteiger partial charge >= 0.3 is 6.09 Å². The fourth-order valence-electron chi connectivity index (χ4n) is 1.20. The molecule has 0 spiro atoms. The van der Waals surface area contributed by atoms with Gasteiger partial charge in [-0.3, -0.25) is 0 Å². The number of benzene rings is 1. The minimum Gasteiger partial charge on any atom is -0.444 e. The van der Waals surface area contributed by atoms with Crippen molar-refractivity contribution in [3.8, 4) is 11.8 Å². The first kappa shape index (κ1) is 15.9. The smallest absolute Gasteiger partial charge is 0.408 e. The summed E-state index contributed by atoms with van der Waals surface area (Å²) in [5, 5.41) is 2.35. The Morgan fingerprint density at radius 2 is 1.80 bits per heavy atom. The highest BCUT2D eigenvalue weighted by Gasteiger charge is 2.15. The molecule has 0 aliphatic rings. The average molecular weight is 285 g/mol. The van der Waals surface area contributed by atoms with E-state index in [9.17, 15) is 18.0 Å². The third kappa shape index (κ3) is 5.22.